The van der Waals surface area contributed by atoms with E-state index in [0.29, 0.717) is 17.4 Å². The van der Waals surface area contributed by atoms with E-state index in [0.717, 1.165) is 38.5 Å². The molecular weight excluding hydrogens is 681 g/mol. The summed E-state index contributed by atoms with van der Waals surface area (Å²) in [4.78, 5) is 35.5. The third kappa shape index (κ3) is 30.3. The van der Waals surface area contributed by atoms with Gasteiger partial charge in [0.1, 0.15) is 19.8 Å². The molecule has 0 saturated carbocycles. The van der Waals surface area contributed by atoms with E-state index >= 15 is 0 Å². The Bertz CT molecular complexity index is 944. The van der Waals surface area contributed by atoms with Crippen LogP contribution in [0, 0.1) is 0 Å². The molecule has 2 unspecified atom stereocenters. The van der Waals surface area contributed by atoms with Crippen LogP contribution in [0.15, 0.2) is 0 Å². The van der Waals surface area contributed by atoms with Gasteiger partial charge in [-0.3, -0.25) is 18.6 Å². The van der Waals surface area contributed by atoms with Crippen LogP contribution in [0.2, 0.25) is 0 Å². The van der Waals surface area contributed by atoms with Crippen molar-refractivity contribution >= 4 is 19.8 Å². The molecule has 0 aliphatic carbocycles. The van der Waals surface area contributed by atoms with Gasteiger partial charge in [-0.05, 0) is 25.7 Å². The SMILES string of the molecule is CCCCCCCCCCCCCCCCCC(=O)OCC(COP(=O)(O)OCC[N+](C)(C)C)OC(=O)CCCC1(CCCCCCCCC)NN1. The van der Waals surface area contributed by atoms with E-state index in [2.05, 4.69) is 24.7 Å². The van der Waals surface area contributed by atoms with Crippen LogP contribution in [0.25, 0.3) is 0 Å². The van der Waals surface area contributed by atoms with Crippen molar-refractivity contribution in [1.82, 2.24) is 10.9 Å². The van der Waals surface area contributed by atoms with Crippen LogP contribution in [-0.4, -0.2) is 80.6 Å². The topological polar surface area (TPSA) is 152 Å². The van der Waals surface area contributed by atoms with Gasteiger partial charge in [0.25, 0.3) is 0 Å². The standard InChI is InChI=1S/C40H80N3O8P/c1-6-8-10-12-14-15-16-17-18-19-20-21-22-24-26-29-38(44)48-35-37(36-50-52(46,47)49-34-33-43(3,4)5)51-39(45)30-28-32-40(41-42-40)31-27-25-23-13-11-9-7-2/h37,41-42H,6-36H2,1-5H3/p+1. The number of phosphoric ester groups is 1. The highest BCUT2D eigenvalue weighted by atomic mass is 31.2. The molecule has 1 aliphatic heterocycles. The van der Waals surface area contributed by atoms with Gasteiger partial charge in [0.05, 0.1) is 33.4 Å². The minimum atomic E-state index is -4.38. The van der Waals surface area contributed by atoms with Gasteiger partial charge in [-0.2, -0.15) is 0 Å². The Kier molecular flexibility index (Phi) is 28.4. The number of likely N-dealkylation sites (N-methyl/N-ethyl adjacent to an activating group) is 1. The van der Waals surface area contributed by atoms with Crippen molar-refractivity contribution in [3.05, 3.63) is 0 Å². The number of carbonyl (C=O) groups is 2. The summed E-state index contributed by atoms with van der Waals surface area (Å²) in [5.41, 5.74) is 6.42. The van der Waals surface area contributed by atoms with E-state index in [1.165, 1.54) is 116 Å². The summed E-state index contributed by atoms with van der Waals surface area (Å²) in [7, 11) is 1.46. The fourth-order valence-corrected chi connectivity index (χ4v) is 7.03. The molecule has 11 nitrogen and oxygen atoms in total. The van der Waals surface area contributed by atoms with Gasteiger partial charge in [-0.1, -0.05) is 149 Å². The molecule has 1 heterocycles. The van der Waals surface area contributed by atoms with Gasteiger partial charge in [-0.25, -0.2) is 15.4 Å². The van der Waals surface area contributed by atoms with E-state index < -0.39 is 26.5 Å². The smallest absolute Gasteiger partial charge is 0.462 e. The van der Waals surface area contributed by atoms with E-state index in [9.17, 15) is 19.0 Å². The Balaban J connectivity index is 2.35. The fourth-order valence-electron chi connectivity index (χ4n) is 6.29. The Morgan fingerprint density at radius 1 is 0.615 bits per heavy atom. The molecule has 52 heavy (non-hydrogen) atoms. The number of unbranched alkanes of at least 4 members (excludes halogenated alkanes) is 20. The van der Waals surface area contributed by atoms with Crippen LogP contribution in [-0.2, 0) is 32.7 Å². The Hall–Kier alpha value is -1.07. The molecule has 0 radical (unpaired) electrons. The molecule has 1 aliphatic rings. The first-order chi connectivity index (χ1) is 24.9. The molecule has 0 bridgehead atoms. The van der Waals surface area contributed by atoms with Crippen molar-refractivity contribution < 1.29 is 42.1 Å². The number of rotatable bonds is 38. The first-order valence-electron chi connectivity index (χ1n) is 21.2. The summed E-state index contributed by atoms with van der Waals surface area (Å²) in [5, 5.41) is 0. The zero-order valence-electron chi connectivity index (χ0n) is 34.2. The zero-order valence-corrected chi connectivity index (χ0v) is 35.1. The lowest BCUT2D eigenvalue weighted by atomic mass is 9.99. The number of hydrogen-bond acceptors (Lipinski definition) is 9. The third-order valence-corrected chi connectivity index (χ3v) is 10.8. The summed E-state index contributed by atoms with van der Waals surface area (Å²) in [6.07, 6.45) is 29.4. The van der Waals surface area contributed by atoms with Crippen molar-refractivity contribution in [1.29, 1.82) is 0 Å². The van der Waals surface area contributed by atoms with Crippen LogP contribution in [0.4, 0.5) is 0 Å². The first-order valence-corrected chi connectivity index (χ1v) is 22.7. The quantitative estimate of drug-likeness (QED) is 0.0182. The summed E-state index contributed by atoms with van der Waals surface area (Å²) in [5.74, 6) is -0.835. The zero-order chi connectivity index (χ0) is 38.4. The largest absolute Gasteiger partial charge is 0.472 e. The summed E-state index contributed by atoms with van der Waals surface area (Å²) in [6, 6.07) is 0. The molecule has 0 aromatic carbocycles. The molecule has 1 saturated heterocycles. The van der Waals surface area contributed by atoms with Crippen molar-refractivity contribution in [3.8, 4) is 0 Å². The number of hydrogen-bond donors (Lipinski definition) is 3. The maximum Gasteiger partial charge on any atom is 0.472 e. The van der Waals surface area contributed by atoms with Crippen molar-refractivity contribution in [2.75, 3.05) is 47.5 Å². The lowest BCUT2D eigenvalue weighted by Crippen LogP contribution is -2.37. The van der Waals surface area contributed by atoms with E-state index in [4.69, 9.17) is 18.5 Å². The van der Waals surface area contributed by atoms with Gasteiger partial charge in [-0.15, -0.1) is 0 Å². The second-order valence-electron chi connectivity index (χ2n) is 16.2. The van der Waals surface area contributed by atoms with Gasteiger partial charge >= 0.3 is 19.8 Å². The molecule has 0 amide bonds. The summed E-state index contributed by atoms with van der Waals surface area (Å²) < 4.78 is 34.4. The molecule has 12 heteroatoms. The number of nitrogens with zero attached hydrogens (tertiary/aromatic N) is 1. The minimum absolute atomic E-state index is 0.0264. The van der Waals surface area contributed by atoms with Gasteiger partial charge < -0.3 is 18.9 Å². The van der Waals surface area contributed by atoms with E-state index in [1.54, 1.807) is 0 Å². The average molecular weight is 763 g/mol. The maximum atomic E-state index is 12.8. The highest BCUT2D eigenvalue weighted by Crippen LogP contribution is 2.43. The van der Waals surface area contributed by atoms with E-state index in [1.807, 2.05) is 21.1 Å². The average Bonchev–Trinajstić information content (AvgIpc) is 3.86. The molecule has 2 atom stereocenters. The molecular formula is C40H81N3O8P+. The third-order valence-electron chi connectivity index (χ3n) is 9.82. The number of esters is 2. The minimum Gasteiger partial charge on any atom is -0.462 e. The van der Waals surface area contributed by atoms with Crippen LogP contribution >= 0.6 is 7.82 Å². The monoisotopic (exact) mass is 763 g/mol. The van der Waals surface area contributed by atoms with Crippen LogP contribution < -0.4 is 10.9 Å². The second kappa shape index (κ2) is 30.2. The molecule has 0 aromatic rings. The lowest BCUT2D eigenvalue weighted by Gasteiger charge is -2.24. The van der Waals surface area contributed by atoms with Crippen molar-refractivity contribution in [3.63, 3.8) is 0 Å². The van der Waals surface area contributed by atoms with Crippen molar-refractivity contribution in [2.24, 2.45) is 0 Å². The maximum absolute atomic E-state index is 12.8. The normalized spacial score (nSPS) is 15.7. The fraction of sp³-hybridized carbons (Fsp3) is 0.950. The number of ether oxygens (including phenoxy) is 2. The van der Waals surface area contributed by atoms with Crippen LogP contribution in [0.1, 0.15) is 187 Å². The van der Waals surface area contributed by atoms with Gasteiger partial charge in [0.2, 0.25) is 0 Å². The molecule has 0 aromatic heterocycles. The second-order valence-corrected chi connectivity index (χ2v) is 17.6. The predicted molar refractivity (Wildman–Crippen MR) is 210 cm³/mol. The molecule has 0 spiro atoms. The number of nitrogens with one attached hydrogen (secondary N) is 2. The van der Waals surface area contributed by atoms with Crippen LogP contribution in [0.5, 0.6) is 0 Å². The summed E-state index contributed by atoms with van der Waals surface area (Å²) in [6.45, 7) is 4.37. The predicted octanol–water partition coefficient (Wildman–Crippen LogP) is 9.66. The Labute approximate surface area is 318 Å². The molecule has 1 rings (SSSR count). The number of carbonyl (C=O) groups excluding carboxylic acids is 2. The Morgan fingerprint density at radius 3 is 1.54 bits per heavy atom. The van der Waals surface area contributed by atoms with Crippen molar-refractivity contribution in [2.45, 2.75) is 199 Å². The first kappa shape index (κ1) is 48.9. The number of quaternary nitrogens is 1. The number of hydrazine groups is 1. The lowest BCUT2D eigenvalue weighted by molar-refractivity contribution is -0.870. The van der Waals surface area contributed by atoms with Crippen LogP contribution in [0.3, 0.4) is 0 Å². The number of phosphoric acid groups is 1. The van der Waals surface area contributed by atoms with Gasteiger partial charge in [0, 0.05) is 12.8 Å². The Morgan fingerprint density at radius 2 is 1.06 bits per heavy atom. The summed E-state index contributed by atoms with van der Waals surface area (Å²) >= 11 is 0. The van der Waals surface area contributed by atoms with Gasteiger partial charge in [0.15, 0.2) is 6.10 Å². The molecule has 308 valence electrons. The highest BCUT2D eigenvalue weighted by Gasteiger charge is 2.40. The highest BCUT2D eigenvalue weighted by molar-refractivity contribution is 7.47. The molecule has 3 N–H and O–H groups in total. The van der Waals surface area contributed by atoms with E-state index in [-0.39, 0.29) is 37.7 Å². The molecule has 1 fully saturated rings.